The van der Waals surface area contributed by atoms with Crippen LogP contribution in [0.4, 0.5) is 26.3 Å². The highest BCUT2D eigenvalue weighted by Gasteiger charge is 2.36. The molecular weight excluding hydrogens is 378 g/mol. The van der Waals surface area contributed by atoms with Crippen molar-refractivity contribution in [3.8, 4) is 0 Å². The summed E-state index contributed by atoms with van der Waals surface area (Å²) in [6.07, 6.45) is -7.24. The lowest BCUT2D eigenvalue weighted by atomic mass is 10.0. The van der Waals surface area contributed by atoms with E-state index in [1.807, 2.05) is 0 Å². The van der Waals surface area contributed by atoms with E-state index in [4.69, 9.17) is 0 Å². The molecule has 9 heteroatoms. The number of rotatable bonds is 2. The molecule has 0 spiro atoms. The van der Waals surface area contributed by atoms with E-state index >= 15 is 0 Å². The van der Waals surface area contributed by atoms with Crippen LogP contribution in [0.15, 0.2) is 35.1 Å². The molecule has 2 rings (SSSR count). The van der Waals surface area contributed by atoms with Gasteiger partial charge in [0.25, 0.3) is 0 Å². The minimum absolute atomic E-state index is 0.0892. The number of halogens is 7. The summed E-state index contributed by atoms with van der Waals surface area (Å²) in [6, 6.07) is 1.42. The average Bonchev–Trinajstić information content (AvgIpc) is 2.39. The Morgan fingerprint density at radius 1 is 0.818 bits per heavy atom. The summed E-state index contributed by atoms with van der Waals surface area (Å²) in [5.74, 6) is 0.121. The first kappa shape index (κ1) is 16.7. The molecule has 0 aliphatic rings. The molecular formula is C13H7BrF6N2. The van der Waals surface area contributed by atoms with Crippen molar-refractivity contribution >= 4 is 15.9 Å². The van der Waals surface area contributed by atoms with Crippen molar-refractivity contribution in [1.82, 2.24) is 9.97 Å². The standard InChI is InChI=1S/C13H7BrF6N2/c14-10-5-21-11(22-6-10)3-7-1-8(12(15,16)17)4-9(2-7)13(18,19)20/h1-2,4-6H,3H2. The summed E-state index contributed by atoms with van der Waals surface area (Å²) in [4.78, 5) is 7.67. The van der Waals surface area contributed by atoms with Crippen LogP contribution in [-0.4, -0.2) is 9.97 Å². The first-order chi connectivity index (χ1) is 10.1. The predicted molar refractivity (Wildman–Crippen MR) is 69.0 cm³/mol. The molecule has 0 amide bonds. The van der Waals surface area contributed by atoms with E-state index in [-0.39, 0.29) is 23.9 Å². The molecule has 0 radical (unpaired) electrons. The van der Waals surface area contributed by atoms with E-state index in [1.165, 1.54) is 12.4 Å². The third-order valence-electron chi connectivity index (χ3n) is 2.68. The quantitative estimate of drug-likeness (QED) is 0.690. The molecule has 0 fully saturated rings. The van der Waals surface area contributed by atoms with Crippen molar-refractivity contribution in [3.63, 3.8) is 0 Å². The fourth-order valence-corrected chi connectivity index (χ4v) is 1.94. The monoisotopic (exact) mass is 384 g/mol. The summed E-state index contributed by atoms with van der Waals surface area (Å²) in [6.45, 7) is 0. The lowest BCUT2D eigenvalue weighted by molar-refractivity contribution is -0.143. The van der Waals surface area contributed by atoms with Crippen molar-refractivity contribution in [2.75, 3.05) is 0 Å². The Bertz CT molecular complexity index is 631. The minimum atomic E-state index is -4.86. The first-order valence-electron chi connectivity index (χ1n) is 5.80. The van der Waals surface area contributed by atoms with Gasteiger partial charge in [-0.1, -0.05) is 0 Å². The minimum Gasteiger partial charge on any atom is -0.240 e. The summed E-state index contributed by atoms with van der Waals surface area (Å²) < 4.78 is 76.9. The third kappa shape index (κ3) is 4.19. The number of aromatic nitrogens is 2. The van der Waals surface area contributed by atoms with E-state index in [0.717, 1.165) is 0 Å². The summed E-state index contributed by atoms with van der Waals surface area (Å²) in [5, 5.41) is 0. The lowest BCUT2D eigenvalue weighted by Gasteiger charge is -2.14. The number of benzene rings is 1. The van der Waals surface area contributed by atoms with Crippen molar-refractivity contribution < 1.29 is 26.3 Å². The Kier molecular flexibility index (Phi) is 4.46. The highest BCUT2D eigenvalue weighted by Crippen LogP contribution is 2.36. The molecule has 1 aromatic carbocycles. The lowest BCUT2D eigenvalue weighted by Crippen LogP contribution is -2.12. The number of hydrogen-bond acceptors (Lipinski definition) is 2. The van der Waals surface area contributed by atoms with Crippen molar-refractivity contribution in [1.29, 1.82) is 0 Å². The van der Waals surface area contributed by atoms with E-state index in [9.17, 15) is 26.3 Å². The van der Waals surface area contributed by atoms with Crippen LogP contribution in [0.3, 0.4) is 0 Å². The Labute approximate surface area is 129 Å². The molecule has 118 valence electrons. The van der Waals surface area contributed by atoms with Gasteiger partial charge in [-0.3, -0.25) is 0 Å². The Hall–Kier alpha value is -1.64. The van der Waals surface area contributed by atoms with Gasteiger partial charge >= 0.3 is 12.4 Å². The molecule has 1 aromatic heterocycles. The molecule has 0 N–H and O–H groups in total. The smallest absolute Gasteiger partial charge is 0.240 e. The zero-order valence-corrected chi connectivity index (χ0v) is 12.2. The molecule has 2 nitrogen and oxygen atoms in total. The zero-order valence-electron chi connectivity index (χ0n) is 10.6. The first-order valence-corrected chi connectivity index (χ1v) is 6.60. The zero-order chi connectivity index (χ0) is 16.5. The molecule has 0 bridgehead atoms. The second kappa shape index (κ2) is 5.86. The molecule has 0 saturated heterocycles. The van der Waals surface area contributed by atoms with Crippen LogP contribution in [0.25, 0.3) is 0 Å². The van der Waals surface area contributed by atoms with Gasteiger partial charge in [0, 0.05) is 18.8 Å². The summed E-state index contributed by atoms with van der Waals surface area (Å²) in [5.41, 5.74) is -2.87. The summed E-state index contributed by atoms with van der Waals surface area (Å²) in [7, 11) is 0. The van der Waals surface area contributed by atoms with Crippen LogP contribution >= 0.6 is 15.9 Å². The third-order valence-corrected chi connectivity index (χ3v) is 3.09. The molecule has 2 aromatic rings. The van der Waals surface area contributed by atoms with Gasteiger partial charge in [-0.2, -0.15) is 26.3 Å². The SMILES string of the molecule is FC(F)(F)c1cc(Cc2ncc(Br)cn2)cc(C(F)(F)F)c1. The summed E-state index contributed by atoms with van der Waals surface area (Å²) >= 11 is 3.08. The predicted octanol–water partition coefficient (Wildman–Crippen LogP) is 4.87. The maximum atomic E-state index is 12.7. The number of alkyl halides is 6. The normalized spacial score (nSPS) is 12.5. The fraction of sp³-hybridized carbons (Fsp3) is 0.231. The second-order valence-corrected chi connectivity index (χ2v) is 5.32. The maximum absolute atomic E-state index is 12.7. The molecule has 0 atom stereocenters. The molecule has 0 aliphatic heterocycles. The average molecular weight is 385 g/mol. The largest absolute Gasteiger partial charge is 0.416 e. The topological polar surface area (TPSA) is 25.8 Å². The van der Waals surface area contributed by atoms with Gasteiger partial charge in [-0.25, -0.2) is 9.97 Å². The number of nitrogens with zero attached hydrogens (tertiary/aromatic N) is 2. The van der Waals surface area contributed by atoms with Gasteiger partial charge in [-0.15, -0.1) is 0 Å². The molecule has 0 aliphatic carbocycles. The van der Waals surface area contributed by atoms with Gasteiger partial charge in [0.15, 0.2) is 0 Å². The van der Waals surface area contributed by atoms with Crippen LogP contribution < -0.4 is 0 Å². The molecule has 0 saturated carbocycles. The van der Waals surface area contributed by atoms with Crippen molar-refractivity contribution in [2.45, 2.75) is 18.8 Å². The van der Waals surface area contributed by atoms with Gasteiger partial charge < -0.3 is 0 Å². The van der Waals surface area contributed by atoms with Gasteiger partial charge in [-0.05, 0) is 39.7 Å². The van der Waals surface area contributed by atoms with E-state index in [2.05, 4.69) is 25.9 Å². The van der Waals surface area contributed by atoms with E-state index in [0.29, 0.717) is 16.6 Å². The van der Waals surface area contributed by atoms with Crippen LogP contribution in [0.5, 0.6) is 0 Å². The van der Waals surface area contributed by atoms with Crippen molar-refractivity contribution in [2.24, 2.45) is 0 Å². The van der Waals surface area contributed by atoms with Gasteiger partial charge in [0.05, 0.1) is 15.6 Å². The highest BCUT2D eigenvalue weighted by atomic mass is 79.9. The molecule has 22 heavy (non-hydrogen) atoms. The van der Waals surface area contributed by atoms with Crippen LogP contribution in [0, 0.1) is 0 Å². The Morgan fingerprint density at radius 2 is 1.27 bits per heavy atom. The van der Waals surface area contributed by atoms with Gasteiger partial charge in [0.1, 0.15) is 5.82 Å². The Morgan fingerprint density at radius 3 is 1.68 bits per heavy atom. The van der Waals surface area contributed by atoms with Crippen molar-refractivity contribution in [3.05, 3.63) is 57.6 Å². The Balaban J connectivity index is 2.44. The van der Waals surface area contributed by atoms with E-state index in [1.54, 1.807) is 0 Å². The van der Waals surface area contributed by atoms with E-state index < -0.39 is 23.5 Å². The van der Waals surface area contributed by atoms with Gasteiger partial charge in [0.2, 0.25) is 0 Å². The molecule has 1 heterocycles. The van der Waals surface area contributed by atoms with Crippen LogP contribution in [0.2, 0.25) is 0 Å². The number of hydrogen-bond donors (Lipinski definition) is 0. The second-order valence-electron chi connectivity index (χ2n) is 4.41. The van der Waals surface area contributed by atoms with Crippen LogP contribution in [-0.2, 0) is 18.8 Å². The van der Waals surface area contributed by atoms with Crippen LogP contribution in [0.1, 0.15) is 22.5 Å². The highest BCUT2D eigenvalue weighted by molar-refractivity contribution is 9.10. The fourth-order valence-electron chi connectivity index (χ4n) is 1.73. The molecule has 0 unspecified atom stereocenters. The maximum Gasteiger partial charge on any atom is 0.416 e.